The summed E-state index contributed by atoms with van der Waals surface area (Å²) in [4.78, 5) is 59.7. The Morgan fingerprint density at radius 2 is 1.58 bits per heavy atom. The standard InChI is InChI=1S/C45H49FN6O6SSi/c1-29-39-40(54)51(45(4,5)38(53)26-44(2,3)60(56,33-13-9-7-10-14-33)34-15-11-8-12-16-34)43(55)50(42(39)59-41(29)52-48-23-24-49-52)28-37(35-25-31(46)19-22-36(35)57-6)58-32-20-17-30(27-47)18-21-32/h7-16,19,22-25,30,32,37,56H,17-18,20-21,26,28H2,1-6H3/t30-,32+,37-/m0/s1. The average molecular weight is 849 g/mol. The number of ketones is 1. The molecule has 60 heavy (non-hydrogen) atoms. The van der Waals surface area contributed by atoms with Crippen molar-refractivity contribution >= 4 is 46.0 Å². The van der Waals surface area contributed by atoms with Crippen LogP contribution in [0.25, 0.3) is 15.2 Å². The average Bonchev–Trinajstić information content (AvgIpc) is 3.90. The van der Waals surface area contributed by atoms with Crippen LogP contribution in [0, 0.1) is 30.0 Å². The van der Waals surface area contributed by atoms with Crippen molar-refractivity contribution in [1.82, 2.24) is 24.1 Å². The minimum absolute atomic E-state index is 0.0926. The first-order valence-corrected chi connectivity index (χ1v) is 22.8. The maximum absolute atomic E-state index is 15.2. The number of methoxy groups -OCH3 is 1. The minimum atomic E-state index is -3.67. The number of fused-ring (bicyclic) bond motifs is 1. The van der Waals surface area contributed by atoms with Gasteiger partial charge in [0.2, 0.25) is 0 Å². The van der Waals surface area contributed by atoms with Gasteiger partial charge in [0.05, 0.1) is 43.6 Å². The Bertz CT molecular complexity index is 2620. The largest absolute Gasteiger partial charge is 0.496 e. The second-order valence-corrected chi connectivity index (χ2v) is 21.6. The van der Waals surface area contributed by atoms with Crippen LogP contribution < -0.4 is 26.4 Å². The Morgan fingerprint density at radius 1 is 0.983 bits per heavy atom. The number of Topliss-reactive ketones (excluding diaryl/α,β-unsaturated/α-hetero) is 1. The van der Waals surface area contributed by atoms with Crippen molar-refractivity contribution in [2.75, 3.05) is 7.11 Å². The summed E-state index contributed by atoms with van der Waals surface area (Å²) in [5.41, 5.74) is -2.27. The predicted octanol–water partition coefficient (Wildman–Crippen LogP) is 6.33. The molecule has 15 heteroatoms. The van der Waals surface area contributed by atoms with Crippen LogP contribution in [0.1, 0.15) is 77.0 Å². The molecule has 0 unspecified atom stereocenters. The molecular weight excluding hydrogens is 800 g/mol. The summed E-state index contributed by atoms with van der Waals surface area (Å²) >= 11 is 1.15. The molecule has 6 aromatic rings. The third-order valence-electron chi connectivity index (χ3n) is 12.1. The Morgan fingerprint density at radius 3 is 2.15 bits per heavy atom. The number of carbonyl (C=O) groups excluding carboxylic acids is 1. The molecule has 0 bridgehead atoms. The highest BCUT2D eigenvalue weighted by Gasteiger charge is 2.52. The Labute approximate surface area is 352 Å². The zero-order chi connectivity index (χ0) is 43.0. The molecule has 1 atom stereocenters. The van der Waals surface area contributed by atoms with E-state index in [0.29, 0.717) is 52.4 Å². The van der Waals surface area contributed by atoms with Crippen molar-refractivity contribution in [2.45, 2.75) is 96.1 Å². The predicted molar refractivity (Wildman–Crippen MR) is 231 cm³/mol. The number of halogens is 1. The molecule has 12 nitrogen and oxygen atoms in total. The number of nitrogens with zero attached hydrogens (tertiary/aromatic N) is 6. The highest BCUT2D eigenvalue weighted by atomic mass is 32.1. The van der Waals surface area contributed by atoms with E-state index in [4.69, 9.17) is 9.47 Å². The number of carbonyl (C=O) groups is 1. The van der Waals surface area contributed by atoms with Crippen LogP contribution in [0.2, 0.25) is 5.04 Å². The fourth-order valence-electron chi connectivity index (χ4n) is 8.57. The Kier molecular flexibility index (Phi) is 12.0. The van der Waals surface area contributed by atoms with Crippen molar-refractivity contribution in [3.05, 3.63) is 129 Å². The van der Waals surface area contributed by atoms with E-state index in [1.165, 1.54) is 47.1 Å². The van der Waals surface area contributed by atoms with E-state index in [-0.39, 0.29) is 30.4 Å². The van der Waals surface area contributed by atoms with Gasteiger partial charge >= 0.3 is 5.69 Å². The van der Waals surface area contributed by atoms with Gasteiger partial charge in [-0.25, -0.2) is 13.8 Å². The molecule has 1 aliphatic rings. The van der Waals surface area contributed by atoms with Gasteiger partial charge < -0.3 is 14.3 Å². The molecule has 0 spiro atoms. The zero-order valence-electron chi connectivity index (χ0n) is 34.6. The molecule has 1 aliphatic carbocycles. The molecule has 312 valence electrons. The van der Waals surface area contributed by atoms with Gasteiger partial charge in [-0.2, -0.15) is 15.5 Å². The number of thiophene rings is 1. The number of aryl methyl sites for hydroxylation is 1. The molecule has 0 radical (unpaired) electrons. The van der Waals surface area contributed by atoms with Crippen molar-refractivity contribution < 1.29 is 23.5 Å². The topological polar surface area (TPSA) is 154 Å². The van der Waals surface area contributed by atoms with Gasteiger partial charge in [-0.05, 0) is 80.1 Å². The summed E-state index contributed by atoms with van der Waals surface area (Å²) in [6.07, 6.45) is 4.03. The lowest BCUT2D eigenvalue weighted by atomic mass is 9.88. The second kappa shape index (κ2) is 16.8. The number of rotatable bonds is 14. The third kappa shape index (κ3) is 7.69. The second-order valence-electron chi connectivity index (χ2n) is 16.7. The fourth-order valence-corrected chi connectivity index (χ4v) is 13.5. The van der Waals surface area contributed by atoms with Crippen LogP contribution in [-0.4, -0.2) is 56.2 Å². The molecule has 3 aromatic heterocycles. The van der Waals surface area contributed by atoms with Crippen LogP contribution in [0.4, 0.5) is 4.39 Å². The zero-order valence-corrected chi connectivity index (χ0v) is 36.4. The van der Waals surface area contributed by atoms with E-state index in [1.54, 1.807) is 20.8 Å². The monoisotopic (exact) mass is 848 g/mol. The normalized spacial score (nSPS) is 16.7. The molecule has 0 saturated heterocycles. The van der Waals surface area contributed by atoms with E-state index < -0.39 is 47.8 Å². The maximum atomic E-state index is 15.2. The number of ether oxygens (including phenoxy) is 2. The van der Waals surface area contributed by atoms with E-state index in [0.717, 1.165) is 26.3 Å². The molecule has 0 aliphatic heterocycles. The third-order valence-corrected chi connectivity index (χ3v) is 17.8. The first-order chi connectivity index (χ1) is 28.6. The molecular formula is C45H49FN6O6SSi. The van der Waals surface area contributed by atoms with Gasteiger partial charge in [0, 0.05) is 23.5 Å². The lowest BCUT2D eigenvalue weighted by Gasteiger charge is -2.42. The van der Waals surface area contributed by atoms with Gasteiger partial charge in [-0.1, -0.05) is 85.8 Å². The fraction of sp³-hybridized carbons (Fsp3) is 0.378. The molecule has 7 rings (SSSR count). The smallest absolute Gasteiger partial charge is 0.333 e. The molecule has 3 aromatic carbocycles. The lowest BCUT2D eigenvalue weighted by molar-refractivity contribution is -0.127. The summed E-state index contributed by atoms with van der Waals surface area (Å²) in [6.45, 7) is 8.42. The highest BCUT2D eigenvalue weighted by molar-refractivity contribution is 7.21. The van der Waals surface area contributed by atoms with Gasteiger partial charge in [0.25, 0.3) is 13.9 Å². The highest BCUT2D eigenvalue weighted by Crippen LogP contribution is 2.42. The van der Waals surface area contributed by atoms with Gasteiger partial charge in [-0.15, -0.1) is 4.80 Å². The van der Waals surface area contributed by atoms with Crippen LogP contribution >= 0.6 is 11.3 Å². The van der Waals surface area contributed by atoms with E-state index >= 15 is 9.18 Å². The van der Waals surface area contributed by atoms with E-state index in [9.17, 15) is 19.6 Å². The first kappa shape index (κ1) is 42.6. The number of nitriles is 1. The van der Waals surface area contributed by atoms with Crippen LogP contribution in [0.15, 0.2) is 101 Å². The maximum Gasteiger partial charge on any atom is 0.333 e. The number of hydrogen-bond donors (Lipinski definition) is 1. The van der Waals surface area contributed by atoms with E-state index in [1.807, 2.05) is 74.5 Å². The molecule has 1 saturated carbocycles. The number of aromatic nitrogens is 5. The van der Waals surface area contributed by atoms with Crippen molar-refractivity contribution in [3.63, 3.8) is 0 Å². The quantitative estimate of drug-likeness (QED) is 0.124. The van der Waals surface area contributed by atoms with Crippen molar-refractivity contribution in [1.29, 1.82) is 5.26 Å². The molecule has 1 N–H and O–H groups in total. The molecule has 0 amide bonds. The van der Waals surface area contributed by atoms with Gasteiger partial charge in [-0.3, -0.25) is 14.2 Å². The summed E-state index contributed by atoms with van der Waals surface area (Å²) < 4.78 is 30.0. The number of benzene rings is 3. The Balaban J connectivity index is 1.38. The Hall–Kier alpha value is -5.53. The SMILES string of the molecule is COc1ccc(F)cc1[C@H](Cn1c(=O)n(C(C)(C)C(=O)CC(C)(C)[Si](O)(c2ccccc2)c2ccccc2)c(=O)c2c(C)c(-n3nccn3)sc21)O[C@H]1CC[C@@H](C#N)CC1. The van der Waals surface area contributed by atoms with Crippen LogP contribution in [-0.2, 0) is 21.6 Å². The summed E-state index contributed by atoms with van der Waals surface area (Å²) in [5.74, 6) is -0.700. The van der Waals surface area contributed by atoms with E-state index in [2.05, 4.69) is 16.3 Å². The first-order valence-electron chi connectivity index (χ1n) is 20.0. The van der Waals surface area contributed by atoms with Gasteiger partial charge in [0.1, 0.15) is 33.0 Å². The minimum Gasteiger partial charge on any atom is -0.496 e. The van der Waals surface area contributed by atoms with Crippen LogP contribution in [0.5, 0.6) is 5.75 Å². The van der Waals surface area contributed by atoms with Gasteiger partial charge in [0.15, 0.2) is 5.78 Å². The molecule has 1 fully saturated rings. The lowest BCUT2D eigenvalue weighted by Crippen LogP contribution is -2.66. The van der Waals surface area contributed by atoms with Crippen molar-refractivity contribution in [2.24, 2.45) is 5.92 Å². The van der Waals surface area contributed by atoms with Crippen LogP contribution in [0.3, 0.4) is 0 Å². The molecule has 3 heterocycles. The summed E-state index contributed by atoms with van der Waals surface area (Å²) in [7, 11) is -2.21. The summed E-state index contributed by atoms with van der Waals surface area (Å²) in [6, 6.07) is 25.1. The van der Waals surface area contributed by atoms with Crippen molar-refractivity contribution in [3.8, 4) is 16.8 Å². The number of hydrogen-bond acceptors (Lipinski definition) is 10. The summed E-state index contributed by atoms with van der Waals surface area (Å²) in [5, 5.41) is 19.3.